The van der Waals surface area contributed by atoms with Crippen molar-refractivity contribution in [3.63, 3.8) is 0 Å². The summed E-state index contributed by atoms with van der Waals surface area (Å²) in [5.74, 6) is 0.897. The van der Waals surface area contributed by atoms with Gasteiger partial charge in [-0.2, -0.15) is 0 Å². The Morgan fingerprint density at radius 2 is 1.95 bits per heavy atom. The van der Waals surface area contributed by atoms with E-state index in [4.69, 9.17) is 5.73 Å². The van der Waals surface area contributed by atoms with E-state index in [1.54, 1.807) is 0 Å². The minimum absolute atomic E-state index is 0.162. The highest BCUT2D eigenvalue weighted by Gasteiger charge is 2.30. The molecule has 1 heterocycles. The second kappa shape index (κ2) is 6.70. The lowest BCUT2D eigenvalue weighted by atomic mass is 9.86. The van der Waals surface area contributed by atoms with Crippen molar-refractivity contribution >= 4 is 27.3 Å². The van der Waals surface area contributed by atoms with Crippen LogP contribution in [-0.4, -0.2) is 24.0 Å². The maximum atomic E-state index is 6.26. The number of hydrogen-bond acceptors (Lipinski definition) is 3. The van der Waals surface area contributed by atoms with Crippen LogP contribution in [0.4, 0.5) is 0 Å². The highest BCUT2D eigenvalue weighted by atomic mass is 79.9. The fourth-order valence-electron chi connectivity index (χ4n) is 3.19. The molecular weight excluding hydrogens is 320 g/mol. The topological polar surface area (TPSA) is 29.3 Å². The van der Waals surface area contributed by atoms with E-state index in [1.165, 1.54) is 34.3 Å². The van der Waals surface area contributed by atoms with Gasteiger partial charge < -0.3 is 5.73 Å². The molecule has 4 heteroatoms. The Morgan fingerprint density at radius 3 is 2.42 bits per heavy atom. The molecule has 0 saturated heterocycles. The number of halogens is 1. The molecule has 0 aliphatic heterocycles. The number of likely N-dealkylation sites (N-methyl/N-ethyl adjacent to an activating group) is 1. The van der Waals surface area contributed by atoms with Gasteiger partial charge in [0.2, 0.25) is 0 Å². The molecule has 1 fully saturated rings. The Kier molecular flexibility index (Phi) is 5.46. The zero-order valence-corrected chi connectivity index (χ0v) is 14.5. The fourth-order valence-corrected chi connectivity index (χ4v) is 4.89. The number of nitrogens with zero attached hydrogens (tertiary/aromatic N) is 1. The molecule has 2 nitrogen and oxygen atoms in total. The monoisotopic (exact) mass is 344 g/mol. The van der Waals surface area contributed by atoms with Crippen LogP contribution in [0.1, 0.15) is 50.4 Å². The van der Waals surface area contributed by atoms with E-state index in [-0.39, 0.29) is 6.04 Å². The van der Waals surface area contributed by atoms with Crippen molar-refractivity contribution in [3.8, 4) is 0 Å². The molecule has 1 aromatic rings. The van der Waals surface area contributed by atoms with E-state index in [9.17, 15) is 0 Å². The molecule has 0 bridgehead atoms. The summed E-state index contributed by atoms with van der Waals surface area (Å²) in [6.07, 6.45) is 5.34. The lowest BCUT2D eigenvalue weighted by molar-refractivity contribution is 0.113. The minimum Gasteiger partial charge on any atom is -0.326 e. The Morgan fingerprint density at radius 1 is 1.32 bits per heavy atom. The molecule has 1 aliphatic carbocycles. The molecule has 0 spiro atoms. The first-order valence-corrected chi connectivity index (χ1v) is 8.82. The van der Waals surface area contributed by atoms with Gasteiger partial charge in [-0.1, -0.05) is 6.92 Å². The first-order valence-electron chi connectivity index (χ1n) is 7.21. The average molecular weight is 345 g/mol. The van der Waals surface area contributed by atoms with Crippen molar-refractivity contribution < 1.29 is 0 Å². The summed E-state index contributed by atoms with van der Waals surface area (Å²) in [7, 11) is 2.25. The van der Waals surface area contributed by atoms with Crippen molar-refractivity contribution in [3.05, 3.63) is 20.8 Å². The summed E-state index contributed by atoms with van der Waals surface area (Å²) >= 11 is 5.37. The lowest BCUT2D eigenvalue weighted by Gasteiger charge is -2.39. The number of hydrogen-bond donors (Lipinski definition) is 1. The predicted octanol–water partition coefficient (Wildman–Crippen LogP) is 4.41. The molecule has 108 valence electrons. The molecule has 0 radical (unpaired) electrons. The second-order valence-corrected chi connectivity index (χ2v) is 8.52. The van der Waals surface area contributed by atoms with Crippen LogP contribution < -0.4 is 5.73 Å². The maximum absolute atomic E-state index is 6.26. The van der Waals surface area contributed by atoms with Gasteiger partial charge in [-0.3, -0.25) is 4.90 Å². The zero-order chi connectivity index (χ0) is 14.0. The molecular formula is C15H25BrN2S. The van der Waals surface area contributed by atoms with Crippen LogP contribution in [0.2, 0.25) is 0 Å². The van der Waals surface area contributed by atoms with Crippen LogP contribution in [0, 0.1) is 5.92 Å². The third-order valence-electron chi connectivity index (χ3n) is 4.38. The van der Waals surface area contributed by atoms with Crippen LogP contribution in [0.5, 0.6) is 0 Å². The van der Waals surface area contributed by atoms with Gasteiger partial charge in [0.15, 0.2) is 0 Å². The van der Waals surface area contributed by atoms with Gasteiger partial charge in [0.25, 0.3) is 0 Å². The molecule has 0 amide bonds. The molecule has 0 aromatic carbocycles. The Hall–Kier alpha value is 0.1000. The fraction of sp³-hybridized carbons (Fsp3) is 0.733. The van der Waals surface area contributed by atoms with Crippen molar-refractivity contribution in [2.75, 3.05) is 7.05 Å². The van der Waals surface area contributed by atoms with Gasteiger partial charge in [-0.15, -0.1) is 11.3 Å². The summed E-state index contributed by atoms with van der Waals surface area (Å²) in [5.41, 5.74) is 6.26. The summed E-state index contributed by atoms with van der Waals surface area (Å²) in [5, 5.41) is 0. The van der Waals surface area contributed by atoms with Crippen LogP contribution in [0.15, 0.2) is 15.9 Å². The van der Waals surface area contributed by atoms with E-state index in [1.807, 2.05) is 11.3 Å². The zero-order valence-electron chi connectivity index (χ0n) is 12.1. The van der Waals surface area contributed by atoms with Crippen LogP contribution >= 0.6 is 27.3 Å². The van der Waals surface area contributed by atoms with E-state index < -0.39 is 0 Å². The molecule has 2 atom stereocenters. The Labute approximate surface area is 129 Å². The van der Waals surface area contributed by atoms with Gasteiger partial charge in [-0.25, -0.2) is 0 Å². The van der Waals surface area contributed by atoms with E-state index in [0.717, 1.165) is 5.92 Å². The standard InChI is InChI=1S/C15H25BrN2S/c1-10-4-6-12(7-5-10)18(3)15(11(2)17)13-8-9-14(16)19-13/h8-12,15H,4-7,17H2,1-3H3. The molecule has 2 rings (SSSR count). The van der Waals surface area contributed by atoms with Crippen molar-refractivity contribution in [2.24, 2.45) is 11.7 Å². The molecule has 2 N–H and O–H groups in total. The van der Waals surface area contributed by atoms with E-state index >= 15 is 0 Å². The number of rotatable bonds is 4. The Balaban J connectivity index is 2.10. The quantitative estimate of drug-likeness (QED) is 0.876. The van der Waals surface area contributed by atoms with Gasteiger partial charge in [0.1, 0.15) is 0 Å². The molecule has 1 aliphatic rings. The number of nitrogens with two attached hydrogens (primary N) is 1. The van der Waals surface area contributed by atoms with Crippen molar-refractivity contribution in [2.45, 2.75) is 57.7 Å². The number of thiophene rings is 1. The van der Waals surface area contributed by atoms with Crippen LogP contribution in [-0.2, 0) is 0 Å². The maximum Gasteiger partial charge on any atom is 0.0702 e. The molecule has 1 aromatic heterocycles. The van der Waals surface area contributed by atoms with Crippen LogP contribution in [0.25, 0.3) is 0 Å². The lowest BCUT2D eigenvalue weighted by Crippen LogP contribution is -2.43. The highest BCUT2D eigenvalue weighted by Crippen LogP contribution is 2.36. The molecule has 2 unspecified atom stereocenters. The van der Waals surface area contributed by atoms with Gasteiger partial charge in [0.05, 0.1) is 9.83 Å². The minimum atomic E-state index is 0.162. The predicted molar refractivity (Wildman–Crippen MR) is 87.6 cm³/mol. The summed E-state index contributed by atoms with van der Waals surface area (Å²) in [4.78, 5) is 3.90. The summed E-state index contributed by atoms with van der Waals surface area (Å²) in [6.45, 7) is 4.50. The largest absolute Gasteiger partial charge is 0.326 e. The third-order valence-corrected chi connectivity index (χ3v) is 6.08. The van der Waals surface area contributed by atoms with Crippen LogP contribution in [0.3, 0.4) is 0 Å². The first-order chi connectivity index (χ1) is 8.99. The summed E-state index contributed by atoms with van der Waals surface area (Å²) < 4.78 is 1.19. The van der Waals surface area contributed by atoms with Crippen molar-refractivity contribution in [1.82, 2.24) is 4.90 Å². The van der Waals surface area contributed by atoms with Gasteiger partial charge >= 0.3 is 0 Å². The van der Waals surface area contributed by atoms with E-state index in [2.05, 4.69) is 53.9 Å². The van der Waals surface area contributed by atoms with E-state index in [0.29, 0.717) is 12.1 Å². The summed E-state index contributed by atoms with van der Waals surface area (Å²) in [6, 6.07) is 5.54. The average Bonchev–Trinajstić information content (AvgIpc) is 2.76. The van der Waals surface area contributed by atoms with Gasteiger partial charge in [0, 0.05) is 17.0 Å². The van der Waals surface area contributed by atoms with Gasteiger partial charge in [-0.05, 0) is 73.6 Å². The molecule has 1 saturated carbocycles. The van der Waals surface area contributed by atoms with Crippen molar-refractivity contribution in [1.29, 1.82) is 0 Å². The Bertz CT molecular complexity index is 397. The highest BCUT2D eigenvalue weighted by molar-refractivity contribution is 9.11. The second-order valence-electron chi connectivity index (χ2n) is 6.02. The third kappa shape index (κ3) is 3.81. The molecule has 19 heavy (non-hydrogen) atoms. The smallest absolute Gasteiger partial charge is 0.0702 e. The SMILES string of the molecule is CC1CCC(N(C)C(c2ccc(Br)s2)C(C)N)CC1. The first kappa shape index (κ1) is 15.5. The normalized spacial score (nSPS) is 27.5.